The predicted octanol–water partition coefficient (Wildman–Crippen LogP) is 3.11. The molecule has 1 aliphatic heterocycles. The van der Waals surface area contributed by atoms with Gasteiger partial charge < -0.3 is 9.64 Å². The molecular weight excluding hydrogens is 357 g/mol. The van der Waals surface area contributed by atoms with E-state index in [1.54, 1.807) is 7.11 Å². The van der Waals surface area contributed by atoms with Crippen LogP contribution >= 0.6 is 0 Å². The van der Waals surface area contributed by atoms with Gasteiger partial charge in [0.2, 0.25) is 0 Å². The van der Waals surface area contributed by atoms with Crippen LogP contribution in [0.25, 0.3) is 0 Å². The maximum Gasteiger partial charge on any atom is 0.257 e. The molecule has 2 aromatic rings. The molecule has 1 aliphatic rings. The van der Waals surface area contributed by atoms with E-state index in [1.165, 1.54) is 4.90 Å². The average molecular weight is 378 g/mol. The molecular formula is C20H21F3N2O2. The molecule has 2 aromatic carbocycles. The Balaban J connectivity index is 1.56. The van der Waals surface area contributed by atoms with Crippen molar-refractivity contribution in [2.45, 2.75) is 6.42 Å². The topological polar surface area (TPSA) is 32.8 Å². The van der Waals surface area contributed by atoms with Crippen LogP contribution in [0.3, 0.4) is 0 Å². The fourth-order valence-corrected chi connectivity index (χ4v) is 3.22. The molecule has 7 heteroatoms. The highest BCUT2D eigenvalue weighted by Gasteiger charge is 2.26. The Bertz CT molecular complexity index is 821. The van der Waals surface area contributed by atoms with Crippen molar-refractivity contribution in [2.75, 3.05) is 39.8 Å². The lowest BCUT2D eigenvalue weighted by Gasteiger charge is -2.35. The Morgan fingerprint density at radius 1 is 1.00 bits per heavy atom. The number of piperazine rings is 1. The molecule has 0 saturated carbocycles. The summed E-state index contributed by atoms with van der Waals surface area (Å²) < 4.78 is 45.6. The van der Waals surface area contributed by atoms with Crippen molar-refractivity contribution in [3.63, 3.8) is 0 Å². The summed E-state index contributed by atoms with van der Waals surface area (Å²) in [6, 6.07) is 9.58. The van der Waals surface area contributed by atoms with E-state index in [4.69, 9.17) is 4.74 Å². The number of hydrogen-bond donors (Lipinski definition) is 0. The van der Waals surface area contributed by atoms with Crippen molar-refractivity contribution in [2.24, 2.45) is 0 Å². The Morgan fingerprint density at radius 3 is 2.41 bits per heavy atom. The summed E-state index contributed by atoms with van der Waals surface area (Å²) >= 11 is 0. The second-order valence-corrected chi connectivity index (χ2v) is 6.42. The number of methoxy groups -OCH3 is 1. The van der Waals surface area contributed by atoms with Crippen LogP contribution in [0.4, 0.5) is 13.2 Å². The van der Waals surface area contributed by atoms with Crippen LogP contribution in [0.1, 0.15) is 15.9 Å². The number of ether oxygens (including phenoxy) is 1. The number of amides is 1. The van der Waals surface area contributed by atoms with Crippen LogP contribution in [-0.4, -0.2) is 55.5 Å². The summed E-state index contributed by atoms with van der Waals surface area (Å²) in [5.41, 5.74) is 0.679. The molecule has 0 aliphatic carbocycles. The molecule has 0 spiro atoms. The zero-order chi connectivity index (χ0) is 19.4. The SMILES string of the molecule is COc1ccccc1CCN1CCN(C(=O)c2ccc(F)c(F)c2F)CC1. The highest BCUT2D eigenvalue weighted by atomic mass is 19.2. The maximum atomic E-state index is 13.8. The summed E-state index contributed by atoms with van der Waals surface area (Å²) in [6.45, 7) is 2.88. The number of rotatable bonds is 5. The van der Waals surface area contributed by atoms with Gasteiger partial charge in [0.15, 0.2) is 17.5 Å². The van der Waals surface area contributed by atoms with Crippen LogP contribution in [0, 0.1) is 17.5 Å². The Kier molecular flexibility index (Phi) is 6.01. The highest BCUT2D eigenvalue weighted by molar-refractivity contribution is 5.94. The molecule has 1 fully saturated rings. The number of benzene rings is 2. The van der Waals surface area contributed by atoms with Gasteiger partial charge in [0.05, 0.1) is 12.7 Å². The predicted molar refractivity (Wildman–Crippen MR) is 95.4 cm³/mol. The van der Waals surface area contributed by atoms with Gasteiger partial charge in [-0.15, -0.1) is 0 Å². The van der Waals surface area contributed by atoms with E-state index in [2.05, 4.69) is 4.90 Å². The smallest absolute Gasteiger partial charge is 0.257 e. The summed E-state index contributed by atoms with van der Waals surface area (Å²) in [4.78, 5) is 16.1. The molecule has 27 heavy (non-hydrogen) atoms. The summed E-state index contributed by atoms with van der Waals surface area (Å²) in [7, 11) is 1.64. The van der Waals surface area contributed by atoms with Gasteiger partial charge >= 0.3 is 0 Å². The van der Waals surface area contributed by atoms with Crippen LogP contribution in [0.15, 0.2) is 36.4 Å². The van der Waals surface area contributed by atoms with E-state index in [-0.39, 0.29) is 0 Å². The first-order chi connectivity index (χ1) is 13.0. The third-order valence-electron chi connectivity index (χ3n) is 4.81. The van der Waals surface area contributed by atoms with E-state index >= 15 is 0 Å². The number of para-hydroxylation sites is 1. The zero-order valence-electron chi connectivity index (χ0n) is 15.1. The van der Waals surface area contributed by atoms with Crippen LogP contribution in [-0.2, 0) is 6.42 Å². The first-order valence-electron chi connectivity index (χ1n) is 8.78. The van der Waals surface area contributed by atoms with Crippen molar-refractivity contribution in [1.29, 1.82) is 0 Å². The monoisotopic (exact) mass is 378 g/mol. The Morgan fingerprint density at radius 2 is 1.70 bits per heavy atom. The molecule has 144 valence electrons. The lowest BCUT2D eigenvalue weighted by atomic mass is 10.1. The minimum Gasteiger partial charge on any atom is -0.496 e. The van der Waals surface area contributed by atoms with Crippen LogP contribution < -0.4 is 4.74 Å². The standard InChI is InChI=1S/C20H21F3N2O2/c1-27-17-5-3-2-4-14(17)8-9-24-10-12-25(13-11-24)20(26)15-6-7-16(21)19(23)18(15)22/h2-7H,8-13H2,1H3. The number of hydrogen-bond acceptors (Lipinski definition) is 3. The molecule has 3 rings (SSSR count). The Labute approximate surface area is 156 Å². The molecule has 0 radical (unpaired) electrons. The van der Waals surface area contributed by atoms with Gasteiger partial charge in [-0.3, -0.25) is 9.69 Å². The van der Waals surface area contributed by atoms with E-state index in [1.807, 2.05) is 24.3 Å². The first-order valence-corrected chi connectivity index (χ1v) is 8.78. The minimum absolute atomic E-state index is 0.406. The zero-order valence-corrected chi connectivity index (χ0v) is 15.1. The summed E-state index contributed by atoms with van der Waals surface area (Å²) in [5, 5.41) is 0. The summed E-state index contributed by atoms with van der Waals surface area (Å²) in [5.74, 6) is -4.11. The van der Waals surface area contributed by atoms with E-state index in [0.29, 0.717) is 26.2 Å². The van der Waals surface area contributed by atoms with E-state index in [0.717, 1.165) is 36.4 Å². The van der Waals surface area contributed by atoms with Gasteiger partial charge in [0, 0.05) is 32.7 Å². The van der Waals surface area contributed by atoms with Gasteiger partial charge in [0.1, 0.15) is 5.75 Å². The lowest BCUT2D eigenvalue weighted by Crippen LogP contribution is -2.49. The van der Waals surface area contributed by atoms with Gasteiger partial charge in [-0.1, -0.05) is 18.2 Å². The minimum atomic E-state index is -1.61. The Hall–Kier alpha value is -2.54. The second-order valence-electron chi connectivity index (χ2n) is 6.42. The lowest BCUT2D eigenvalue weighted by molar-refractivity contribution is 0.0632. The second kappa shape index (κ2) is 8.43. The number of halogens is 3. The third-order valence-corrected chi connectivity index (χ3v) is 4.81. The molecule has 4 nitrogen and oxygen atoms in total. The number of nitrogens with zero attached hydrogens (tertiary/aromatic N) is 2. The number of carbonyl (C=O) groups is 1. The van der Waals surface area contributed by atoms with Crippen molar-refractivity contribution >= 4 is 5.91 Å². The highest BCUT2D eigenvalue weighted by Crippen LogP contribution is 2.20. The van der Waals surface area contributed by atoms with E-state index in [9.17, 15) is 18.0 Å². The maximum absolute atomic E-state index is 13.8. The normalized spacial score (nSPS) is 15.0. The quantitative estimate of drug-likeness (QED) is 0.750. The molecule has 1 saturated heterocycles. The van der Waals surface area contributed by atoms with Crippen molar-refractivity contribution in [1.82, 2.24) is 9.80 Å². The molecule has 0 unspecified atom stereocenters. The van der Waals surface area contributed by atoms with Gasteiger partial charge in [-0.05, 0) is 30.2 Å². The van der Waals surface area contributed by atoms with Crippen molar-refractivity contribution in [3.8, 4) is 5.75 Å². The molecule has 0 bridgehead atoms. The fraction of sp³-hybridized carbons (Fsp3) is 0.350. The van der Waals surface area contributed by atoms with Crippen LogP contribution in [0.2, 0.25) is 0 Å². The molecule has 1 amide bonds. The largest absolute Gasteiger partial charge is 0.496 e. The molecule has 0 N–H and O–H groups in total. The number of carbonyl (C=O) groups excluding carboxylic acids is 1. The van der Waals surface area contributed by atoms with Gasteiger partial charge in [-0.25, -0.2) is 13.2 Å². The van der Waals surface area contributed by atoms with Gasteiger partial charge in [0.25, 0.3) is 5.91 Å². The van der Waals surface area contributed by atoms with Crippen molar-refractivity contribution in [3.05, 3.63) is 65.0 Å². The summed E-state index contributed by atoms with van der Waals surface area (Å²) in [6.07, 6.45) is 0.815. The fourth-order valence-electron chi connectivity index (χ4n) is 3.22. The molecule has 0 aromatic heterocycles. The third kappa shape index (κ3) is 4.24. The first kappa shape index (κ1) is 19.2. The van der Waals surface area contributed by atoms with Gasteiger partial charge in [-0.2, -0.15) is 0 Å². The van der Waals surface area contributed by atoms with Crippen molar-refractivity contribution < 1.29 is 22.7 Å². The molecule has 1 heterocycles. The average Bonchev–Trinajstić information content (AvgIpc) is 2.70. The van der Waals surface area contributed by atoms with E-state index < -0.39 is 28.9 Å². The molecule has 0 atom stereocenters. The van der Waals surface area contributed by atoms with Crippen LogP contribution in [0.5, 0.6) is 5.75 Å².